The summed E-state index contributed by atoms with van der Waals surface area (Å²) in [5, 5.41) is 10.4. The topological polar surface area (TPSA) is 95.3 Å². The van der Waals surface area contributed by atoms with Crippen LogP contribution in [-0.2, 0) is 18.9 Å². The molecule has 0 aliphatic carbocycles. The SMILES string of the molecule is OC(COc1ccc(N(CC2CO2)CC2CO2)cc1)COc1ccc(N(CC2CO2)CC2CO2)cc1. The molecule has 2 aromatic rings. The highest BCUT2D eigenvalue weighted by Crippen LogP contribution is 2.26. The largest absolute Gasteiger partial charge is 0.491 e. The third-order valence-electron chi connectivity index (χ3n) is 6.59. The molecule has 4 aliphatic heterocycles. The lowest BCUT2D eigenvalue weighted by atomic mass is 10.2. The fourth-order valence-corrected chi connectivity index (χ4v) is 4.19. The molecule has 0 spiro atoms. The van der Waals surface area contributed by atoms with Gasteiger partial charge in [-0.15, -0.1) is 0 Å². The van der Waals surface area contributed by atoms with Crippen LogP contribution in [-0.4, -0.2) is 101 Å². The van der Waals surface area contributed by atoms with Crippen LogP contribution in [0.15, 0.2) is 48.5 Å². The molecule has 2 aromatic carbocycles. The molecule has 0 aromatic heterocycles. The molecular weight excluding hydrogens is 464 g/mol. The van der Waals surface area contributed by atoms with Crippen molar-refractivity contribution in [3.63, 3.8) is 0 Å². The Morgan fingerprint density at radius 2 is 0.917 bits per heavy atom. The Morgan fingerprint density at radius 1 is 0.611 bits per heavy atom. The van der Waals surface area contributed by atoms with Gasteiger partial charge in [-0.3, -0.25) is 0 Å². The van der Waals surface area contributed by atoms with Gasteiger partial charge in [-0.1, -0.05) is 0 Å². The smallest absolute Gasteiger partial charge is 0.122 e. The fourth-order valence-electron chi connectivity index (χ4n) is 4.19. The Balaban J connectivity index is 0.942. The van der Waals surface area contributed by atoms with Crippen LogP contribution in [0.3, 0.4) is 0 Å². The van der Waals surface area contributed by atoms with Gasteiger partial charge in [0.05, 0.1) is 50.8 Å². The number of aliphatic hydroxyl groups excluding tert-OH is 1. The van der Waals surface area contributed by atoms with Gasteiger partial charge < -0.3 is 43.3 Å². The van der Waals surface area contributed by atoms with E-state index in [0.29, 0.717) is 35.9 Å². The second-order valence-corrected chi connectivity index (χ2v) is 9.89. The van der Waals surface area contributed by atoms with E-state index >= 15 is 0 Å². The highest BCUT2D eigenvalue weighted by atomic mass is 16.6. The molecular formula is C27H34N2O7. The Morgan fingerprint density at radius 3 is 1.19 bits per heavy atom. The lowest BCUT2D eigenvalue weighted by Crippen LogP contribution is -2.31. The van der Waals surface area contributed by atoms with Gasteiger partial charge in [-0.2, -0.15) is 0 Å². The number of benzene rings is 2. The van der Waals surface area contributed by atoms with Crippen LogP contribution in [0.1, 0.15) is 0 Å². The van der Waals surface area contributed by atoms with Crippen LogP contribution >= 0.6 is 0 Å². The minimum absolute atomic E-state index is 0.156. The van der Waals surface area contributed by atoms with Crippen molar-refractivity contribution in [3.8, 4) is 11.5 Å². The standard InChI is InChI=1S/C27H34N2O7/c30-21(13-31-22-5-1-19(2-6-22)28(9-24-15-33-24)10-25-16-34-25)14-32-23-7-3-20(4-8-23)29(11-26-17-35-26)12-27-18-36-27/h1-8,21,24-27,30H,9-18H2. The first kappa shape index (κ1) is 23.8. The molecule has 0 amide bonds. The third kappa shape index (κ3) is 7.24. The number of anilines is 2. The second kappa shape index (κ2) is 10.8. The number of nitrogens with zero attached hydrogens (tertiary/aromatic N) is 2. The van der Waals surface area contributed by atoms with E-state index < -0.39 is 6.10 Å². The molecule has 9 nitrogen and oxygen atoms in total. The molecule has 4 fully saturated rings. The first-order valence-corrected chi connectivity index (χ1v) is 12.8. The van der Waals surface area contributed by atoms with E-state index in [1.165, 1.54) is 0 Å². The van der Waals surface area contributed by atoms with Crippen LogP contribution in [0.5, 0.6) is 11.5 Å². The quantitative estimate of drug-likeness (QED) is 0.347. The van der Waals surface area contributed by atoms with Crippen LogP contribution in [0.2, 0.25) is 0 Å². The Labute approximate surface area is 211 Å². The summed E-state index contributed by atoms with van der Waals surface area (Å²) in [6.07, 6.45) is 0.536. The highest BCUT2D eigenvalue weighted by Gasteiger charge is 2.32. The minimum atomic E-state index is -0.740. The average molecular weight is 499 g/mol. The molecule has 36 heavy (non-hydrogen) atoms. The summed E-state index contributed by atoms with van der Waals surface area (Å²) in [6.45, 7) is 7.13. The molecule has 0 radical (unpaired) electrons. The monoisotopic (exact) mass is 498 g/mol. The minimum Gasteiger partial charge on any atom is -0.491 e. The molecule has 9 heteroatoms. The molecule has 1 N–H and O–H groups in total. The zero-order valence-electron chi connectivity index (χ0n) is 20.4. The average Bonchev–Trinajstić information content (AvgIpc) is 3.68. The van der Waals surface area contributed by atoms with Gasteiger partial charge in [0.15, 0.2) is 0 Å². The number of aliphatic hydroxyl groups is 1. The second-order valence-electron chi connectivity index (χ2n) is 9.89. The maximum absolute atomic E-state index is 10.4. The van der Waals surface area contributed by atoms with Crippen molar-refractivity contribution in [1.29, 1.82) is 0 Å². The van der Waals surface area contributed by atoms with Crippen LogP contribution < -0.4 is 19.3 Å². The summed E-state index contributed by atoms with van der Waals surface area (Å²) in [7, 11) is 0. The Hall–Kier alpha value is -2.56. The zero-order chi connectivity index (χ0) is 24.3. The Kier molecular flexibility index (Phi) is 7.16. The van der Waals surface area contributed by atoms with E-state index in [1.807, 2.05) is 48.5 Å². The van der Waals surface area contributed by atoms with Crippen LogP contribution in [0.25, 0.3) is 0 Å². The number of hydrogen-bond acceptors (Lipinski definition) is 9. The van der Waals surface area contributed by atoms with Crippen molar-refractivity contribution < 1.29 is 33.5 Å². The summed E-state index contributed by atoms with van der Waals surface area (Å²) >= 11 is 0. The predicted octanol–water partition coefficient (Wildman–Crippen LogP) is 1.71. The first-order chi connectivity index (χ1) is 17.7. The van der Waals surface area contributed by atoms with Crippen LogP contribution in [0, 0.1) is 0 Å². The van der Waals surface area contributed by atoms with Gasteiger partial charge in [0.2, 0.25) is 0 Å². The van der Waals surface area contributed by atoms with E-state index in [4.69, 9.17) is 28.4 Å². The molecule has 0 saturated carbocycles. The number of ether oxygens (including phenoxy) is 6. The molecule has 194 valence electrons. The lowest BCUT2D eigenvalue weighted by molar-refractivity contribution is 0.0626. The molecule has 4 aliphatic rings. The summed E-state index contributed by atoms with van der Waals surface area (Å²) in [5.74, 6) is 1.43. The highest BCUT2D eigenvalue weighted by molar-refractivity contribution is 5.50. The summed E-state index contributed by atoms with van der Waals surface area (Å²) in [5.41, 5.74) is 2.24. The summed E-state index contributed by atoms with van der Waals surface area (Å²) < 4.78 is 33.2. The van der Waals surface area contributed by atoms with Crippen molar-refractivity contribution >= 4 is 11.4 Å². The van der Waals surface area contributed by atoms with Gasteiger partial charge in [0, 0.05) is 37.6 Å². The summed E-state index contributed by atoms with van der Waals surface area (Å²) in [6, 6.07) is 15.9. The van der Waals surface area contributed by atoms with Gasteiger partial charge >= 0.3 is 0 Å². The van der Waals surface area contributed by atoms with Crippen molar-refractivity contribution in [2.75, 3.05) is 75.6 Å². The Bertz CT molecular complexity index is 865. The van der Waals surface area contributed by atoms with Gasteiger partial charge in [-0.05, 0) is 48.5 Å². The van der Waals surface area contributed by atoms with Gasteiger partial charge in [0.25, 0.3) is 0 Å². The van der Waals surface area contributed by atoms with Crippen molar-refractivity contribution in [2.24, 2.45) is 0 Å². The van der Waals surface area contributed by atoms with E-state index in [0.717, 1.165) is 64.0 Å². The van der Waals surface area contributed by atoms with E-state index in [-0.39, 0.29) is 13.2 Å². The van der Waals surface area contributed by atoms with Crippen molar-refractivity contribution in [3.05, 3.63) is 48.5 Å². The van der Waals surface area contributed by atoms with Gasteiger partial charge in [-0.25, -0.2) is 0 Å². The molecule has 4 saturated heterocycles. The van der Waals surface area contributed by atoms with Gasteiger partial charge in [0.1, 0.15) is 30.8 Å². The maximum Gasteiger partial charge on any atom is 0.122 e. The molecule has 4 unspecified atom stereocenters. The molecule has 0 bridgehead atoms. The maximum atomic E-state index is 10.4. The third-order valence-corrected chi connectivity index (χ3v) is 6.59. The fraction of sp³-hybridized carbons (Fsp3) is 0.556. The molecule has 4 heterocycles. The van der Waals surface area contributed by atoms with Crippen molar-refractivity contribution in [2.45, 2.75) is 30.5 Å². The normalized spacial score (nSPS) is 26.1. The van der Waals surface area contributed by atoms with E-state index in [9.17, 15) is 5.11 Å². The number of rotatable bonds is 16. The number of epoxide rings is 4. The van der Waals surface area contributed by atoms with Crippen LogP contribution in [0.4, 0.5) is 11.4 Å². The summed E-state index contributed by atoms with van der Waals surface area (Å²) in [4.78, 5) is 4.59. The van der Waals surface area contributed by atoms with E-state index in [1.54, 1.807) is 0 Å². The number of hydrogen-bond donors (Lipinski definition) is 1. The molecule has 6 rings (SSSR count). The van der Waals surface area contributed by atoms with Crippen molar-refractivity contribution in [1.82, 2.24) is 0 Å². The predicted molar refractivity (Wildman–Crippen MR) is 133 cm³/mol. The first-order valence-electron chi connectivity index (χ1n) is 12.8. The zero-order valence-corrected chi connectivity index (χ0v) is 20.4. The lowest BCUT2D eigenvalue weighted by Gasteiger charge is -2.24. The van der Waals surface area contributed by atoms with E-state index in [2.05, 4.69) is 9.80 Å². The molecule has 4 atom stereocenters.